The Morgan fingerprint density at radius 1 is 1.20 bits per heavy atom. The van der Waals surface area contributed by atoms with Crippen molar-refractivity contribution < 1.29 is 9.18 Å². The SMILES string of the molecule is CC1CCCN(C(=O)c2nc3ccccn3c2-c2ccc(F)cc2)C1. The van der Waals surface area contributed by atoms with E-state index in [1.165, 1.54) is 12.1 Å². The summed E-state index contributed by atoms with van der Waals surface area (Å²) in [5.41, 5.74) is 2.66. The number of imidazole rings is 1. The highest BCUT2D eigenvalue weighted by Gasteiger charge is 2.27. The third-order valence-corrected chi connectivity index (χ3v) is 4.79. The molecule has 25 heavy (non-hydrogen) atoms. The summed E-state index contributed by atoms with van der Waals surface area (Å²) in [6.07, 6.45) is 4.06. The highest BCUT2D eigenvalue weighted by molar-refractivity contribution is 5.99. The van der Waals surface area contributed by atoms with Crippen molar-refractivity contribution in [3.8, 4) is 11.3 Å². The van der Waals surface area contributed by atoms with E-state index in [1.807, 2.05) is 33.7 Å². The number of benzene rings is 1. The van der Waals surface area contributed by atoms with Gasteiger partial charge in [-0.05, 0) is 55.2 Å². The highest BCUT2D eigenvalue weighted by atomic mass is 19.1. The lowest BCUT2D eigenvalue weighted by atomic mass is 9.99. The Morgan fingerprint density at radius 3 is 2.76 bits per heavy atom. The minimum atomic E-state index is -0.296. The van der Waals surface area contributed by atoms with Crippen LogP contribution in [0.15, 0.2) is 48.7 Å². The molecule has 0 bridgehead atoms. The molecule has 5 heteroatoms. The van der Waals surface area contributed by atoms with Gasteiger partial charge in [0.1, 0.15) is 11.5 Å². The molecule has 1 fully saturated rings. The van der Waals surface area contributed by atoms with E-state index < -0.39 is 0 Å². The fourth-order valence-corrected chi connectivity index (χ4v) is 3.55. The zero-order valence-electron chi connectivity index (χ0n) is 14.2. The standard InChI is InChI=1S/C20H20FN3O/c1-14-5-4-11-23(13-14)20(25)18-19(15-7-9-16(21)10-8-15)24-12-3-2-6-17(24)22-18/h2-3,6-10,12,14H,4-5,11,13H2,1H3. The molecule has 128 valence electrons. The number of hydrogen-bond acceptors (Lipinski definition) is 2. The molecule has 0 saturated carbocycles. The number of pyridine rings is 1. The number of hydrogen-bond donors (Lipinski definition) is 0. The van der Waals surface area contributed by atoms with Crippen LogP contribution >= 0.6 is 0 Å². The first-order valence-electron chi connectivity index (χ1n) is 8.66. The molecule has 0 N–H and O–H groups in total. The smallest absolute Gasteiger partial charge is 0.274 e. The quantitative estimate of drug-likeness (QED) is 0.708. The first kappa shape index (κ1) is 15.8. The molecular weight excluding hydrogens is 317 g/mol. The Labute approximate surface area is 145 Å². The number of aromatic nitrogens is 2. The average molecular weight is 337 g/mol. The van der Waals surface area contributed by atoms with Gasteiger partial charge in [0.2, 0.25) is 0 Å². The van der Waals surface area contributed by atoms with Gasteiger partial charge in [-0.25, -0.2) is 9.37 Å². The maximum Gasteiger partial charge on any atom is 0.274 e. The second-order valence-electron chi connectivity index (χ2n) is 6.74. The number of carbonyl (C=O) groups excluding carboxylic acids is 1. The van der Waals surface area contributed by atoms with E-state index in [9.17, 15) is 9.18 Å². The second kappa shape index (κ2) is 6.31. The van der Waals surface area contributed by atoms with Crippen LogP contribution in [0.3, 0.4) is 0 Å². The number of fused-ring (bicyclic) bond motifs is 1. The van der Waals surface area contributed by atoms with Crippen LogP contribution < -0.4 is 0 Å². The number of rotatable bonds is 2. The third-order valence-electron chi connectivity index (χ3n) is 4.79. The van der Waals surface area contributed by atoms with E-state index in [1.54, 1.807) is 12.1 Å². The van der Waals surface area contributed by atoms with E-state index in [-0.39, 0.29) is 11.7 Å². The van der Waals surface area contributed by atoms with Crippen molar-refractivity contribution in [2.75, 3.05) is 13.1 Å². The van der Waals surface area contributed by atoms with Crippen molar-refractivity contribution in [3.05, 3.63) is 60.2 Å². The molecular formula is C20H20FN3O. The molecule has 4 rings (SSSR count). The van der Waals surface area contributed by atoms with Gasteiger partial charge in [-0.15, -0.1) is 0 Å². The van der Waals surface area contributed by atoms with E-state index in [0.29, 0.717) is 11.6 Å². The predicted molar refractivity (Wildman–Crippen MR) is 94.9 cm³/mol. The molecule has 0 spiro atoms. The first-order chi connectivity index (χ1) is 12.1. The molecule has 2 aromatic heterocycles. The van der Waals surface area contributed by atoms with Crippen molar-refractivity contribution in [2.24, 2.45) is 5.92 Å². The molecule has 0 radical (unpaired) electrons. The topological polar surface area (TPSA) is 37.6 Å². The normalized spacial score (nSPS) is 17.8. The van der Waals surface area contributed by atoms with Crippen molar-refractivity contribution >= 4 is 11.6 Å². The summed E-state index contributed by atoms with van der Waals surface area (Å²) in [4.78, 5) is 19.6. The molecule has 1 aromatic carbocycles. The summed E-state index contributed by atoms with van der Waals surface area (Å²) in [6.45, 7) is 3.69. The van der Waals surface area contributed by atoms with Crippen LogP contribution in [-0.4, -0.2) is 33.3 Å². The molecule has 3 aromatic rings. The Bertz CT molecular complexity index is 916. The number of halogens is 1. The zero-order chi connectivity index (χ0) is 17.4. The summed E-state index contributed by atoms with van der Waals surface area (Å²) in [5, 5.41) is 0. The van der Waals surface area contributed by atoms with Crippen molar-refractivity contribution in [2.45, 2.75) is 19.8 Å². The molecule has 3 heterocycles. The first-order valence-corrected chi connectivity index (χ1v) is 8.66. The Kier molecular flexibility index (Phi) is 3.99. The van der Waals surface area contributed by atoms with Crippen LogP contribution in [0.5, 0.6) is 0 Å². The molecule has 1 saturated heterocycles. The lowest BCUT2D eigenvalue weighted by molar-refractivity contribution is 0.0678. The fourth-order valence-electron chi connectivity index (χ4n) is 3.55. The van der Waals surface area contributed by atoms with Crippen molar-refractivity contribution in [1.82, 2.24) is 14.3 Å². The minimum absolute atomic E-state index is 0.0467. The Morgan fingerprint density at radius 2 is 2.00 bits per heavy atom. The summed E-state index contributed by atoms with van der Waals surface area (Å²) < 4.78 is 15.2. The Balaban J connectivity index is 1.84. The van der Waals surface area contributed by atoms with E-state index in [0.717, 1.165) is 42.8 Å². The van der Waals surface area contributed by atoms with Gasteiger partial charge in [-0.2, -0.15) is 0 Å². The largest absolute Gasteiger partial charge is 0.337 e. The third kappa shape index (κ3) is 2.90. The monoisotopic (exact) mass is 337 g/mol. The highest BCUT2D eigenvalue weighted by Crippen LogP contribution is 2.28. The predicted octanol–water partition coefficient (Wildman–Crippen LogP) is 4.01. The van der Waals surface area contributed by atoms with E-state index in [2.05, 4.69) is 11.9 Å². The number of piperidine rings is 1. The Hall–Kier alpha value is -2.69. The van der Waals surface area contributed by atoms with Crippen molar-refractivity contribution in [3.63, 3.8) is 0 Å². The lowest BCUT2D eigenvalue weighted by Crippen LogP contribution is -2.39. The van der Waals surface area contributed by atoms with Crippen LogP contribution in [0.4, 0.5) is 4.39 Å². The lowest BCUT2D eigenvalue weighted by Gasteiger charge is -2.30. The fraction of sp³-hybridized carbons (Fsp3) is 0.300. The van der Waals surface area contributed by atoms with Crippen molar-refractivity contribution in [1.29, 1.82) is 0 Å². The molecule has 1 amide bonds. The molecule has 0 aliphatic carbocycles. The van der Waals surface area contributed by atoms with Gasteiger partial charge >= 0.3 is 0 Å². The van der Waals surface area contributed by atoms with Gasteiger partial charge in [0.25, 0.3) is 5.91 Å². The second-order valence-corrected chi connectivity index (χ2v) is 6.74. The van der Waals surface area contributed by atoms with Crippen LogP contribution in [0.2, 0.25) is 0 Å². The maximum absolute atomic E-state index is 13.3. The van der Waals surface area contributed by atoms with Gasteiger partial charge in [0.05, 0.1) is 5.69 Å². The van der Waals surface area contributed by atoms with Gasteiger partial charge in [-0.1, -0.05) is 13.0 Å². The molecule has 1 aliphatic rings. The number of carbonyl (C=O) groups is 1. The number of nitrogens with zero attached hydrogens (tertiary/aromatic N) is 3. The number of likely N-dealkylation sites (tertiary alicyclic amines) is 1. The summed E-state index contributed by atoms with van der Waals surface area (Å²) in [7, 11) is 0. The molecule has 4 nitrogen and oxygen atoms in total. The summed E-state index contributed by atoms with van der Waals surface area (Å²) >= 11 is 0. The zero-order valence-corrected chi connectivity index (χ0v) is 14.2. The van der Waals surface area contributed by atoms with E-state index >= 15 is 0 Å². The van der Waals surface area contributed by atoms with Gasteiger partial charge in [-0.3, -0.25) is 9.20 Å². The van der Waals surface area contributed by atoms with Crippen LogP contribution in [-0.2, 0) is 0 Å². The van der Waals surface area contributed by atoms with Crippen LogP contribution in [0, 0.1) is 11.7 Å². The van der Waals surface area contributed by atoms with Gasteiger partial charge < -0.3 is 4.90 Å². The summed E-state index contributed by atoms with van der Waals surface area (Å²) in [5.74, 6) is 0.161. The minimum Gasteiger partial charge on any atom is -0.337 e. The summed E-state index contributed by atoms with van der Waals surface area (Å²) in [6, 6.07) is 11.9. The average Bonchev–Trinajstić information content (AvgIpc) is 3.01. The molecule has 1 atom stereocenters. The number of amides is 1. The van der Waals surface area contributed by atoms with Crippen LogP contribution in [0.25, 0.3) is 16.9 Å². The van der Waals surface area contributed by atoms with Gasteiger partial charge in [0, 0.05) is 24.8 Å². The van der Waals surface area contributed by atoms with E-state index in [4.69, 9.17) is 0 Å². The molecule has 1 unspecified atom stereocenters. The van der Waals surface area contributed by atoms with Crippen LogP contribution in [0.1, 0.15) is 30.3 Å². The molecule has 1 aliphatic heterocycles. The maximum atomic E-state index is 13.3. The van der Waals surface area contributed by atoms with Gasteiger partial charge in [0.15, 0.2) is 5.69 Å².